The minimum atomic E-state index is -3.45. The molecule has 1 aliphatic heterocycles. The van der Waals surface area contributed by atoms with Crippen LogP contribution in [0.3, 0.4) is 0 Å². The van der Waals surface area contributed by atoms with E-state index < -0.39 is 27.3 Å². The lowest BCUT2D eigenvalue weighted by atomic mass is 9.79. The first-order chi connectivity index (χ1) is 25.7. The number of amides is 2. The van der Waals surface area contributed by atoms with Gasteiger partial charge in [-0.15, -0.1) is 0 Å². The van der Waals surface area contributed by atoms with Crippen molar-refractivity contribution in [3.63, 3.8) is 0 Å². The molecule has 2 amide bonds. The third kappa shape index (κ3) is 12.6. The Bertz CT molecular complexity index is 1280. The molecule has 1 aromatic rings. The lowest BCUT2D eigenvalue weighted by Crippen LogP contribution is -2.53. The van der Waals surface area contributed by atoms with Gasteiger partial charge in [-0.25, -0.2) is 18.3 Å². The highest BCUT2D eigenvalue weighted by molar-refractivity contribution is 7.92. The Balaban J connectivity index is 1.39. The molecule has 0 radical (unpaired) electrons. The van der Waals surface area contributed by atoms with Gasteiger partial charge in [0.2, 0.25) is 0 Å². The van der Waals surface area contributed by atoms with Gasteiger partial charge < -0.3 is 33.7 Å². The van der Waals surface area contributed by atoms with Crippen molar-refractivity contribution in [2.75, 3.05) is 53.4 Å². The van der Waals surface area contributed by atoms with E-state index in [0.717, 1.165) is 50.5 Å². The van der Waals surface area contributed by atoms with E-state index in [2.05, 4.69) is 12.2 Å². The highest BCUT2D eigenvalue weighted by atomic mass is 32.2. The smallest absolute Gasteiger partial charge is 0.341 e. The van der Waals surface area contributed by atoms with Crippen LogP contribution in [0, 0.1) is 11.8 Å². The molecule has 1 saturated heterocycles. The summed E-state index contributed by atoms with van der Waals surface area (Å²) in [7, 11) is 1.70. The van der Waals surface area contributed by atoms with E-state index in [1.54, 1.807) is 21.3 Å². The van der Waals surface area contributed by atoms with Crippen molar-refractivity contribution in [2.24, 2.45) is 11.8 Å². The molecule has 1 N–H and O–H groups in total. The van der Waals surface area contributed by atoms with Gasteiger partial charge >= 0.3 is 6.03 Å². The molecule has 1 heterocycles. The number of hydrogen-bond acceptors (Lipinski definition) is 10. The van der Waals surface area contributed by atoms with Crippen LogP contribution >= 0.6 is 0 Å². The van der Waals surface area contributed by atoms with Crippen LogP contribution in [0.1, 0.15) is 97.0 Å². The van der Waals surface area contributed by atoms with Crippen LogP contribution in [0.5, 0.6) is 0 Å². The number of carbonyl (C=O) groups excluding carboxylic acids is 1. The number of nitrogens with one attached hydrogen (secondary N) is 1. The van der Waals surface area contributed by atoms with Gasteiger partial charge in [0.15, 0.2) is 9.84 Å². The number of hydrogen-bond donors (Lipinski definition) is 1. The van der Waals surface area contributed by atoms with Crippen LogP contribution in [0.4, 0.5) is 4.79 Å². The number of nitrogens with zero attached hydrogens (tertiary/aromatic N) is 1. The number of unbranched alkanes of at least 4 members (excludes halogenated alkanes) is 1. The fraction of sp³-hybridized carbons (Fsp3) is 0.825. The summed E-state index contributed by atoms with van der Waals surface area (Å²) in [6, 6.07) is 9.51. The number of ether oxygens (including phenoxy) is 6. The molecule has 0 spiro atoms. The molecule has 13 heteroatoms. The molecule has 4 rings (SSSR count). The maximum absolute atomic E-state index is 13.8. The SMILES string of the molecule is CCCCN(OCc1ccccc1)C(=O)NCCCOC1CC([C@@H]2CC[C@@H](C3CC(OC)C(OC)C(OC)C3)O2)CC(S(=O)(=O)CCC)C1OCCC. The maximum Gasteiger partial charge on any atom is 0.341 e. The maximum atomic E-state index is 13.8. The van der Waals surface area contributed by atoms with E-state index in [9.17, 15) is 13.2 Å². The van der Waals surface area contributed by atoms with E-state index in [0.29, 0.717) is 58.6 Å². The van der Waals surface area contributed by atoms with E-state index in [1.807, 2.05) is 44.2 Å². The molecular formula is C40H68N2O10S. The monoisotopic (exact) mass is 768 g/mol. The fourth-order valence-corrected chi connectivity index (χ4v) is 10.5. The number of urea groups is 1. The molecule has 12 nitrogen and oxygen atoms in total. The number of sulfone groups is 1. The van der Waals surface area contributed by atoms with Crippen molar-refractivity contribution in [3.05, 3.63) is 35.9 Å². The predicted molar refractivity (Wildman–Crippen MR) is 204 cm³/mol. The Morgan fingerprint density at radius 3 is 2.06 bits per heavy atom. The van der Waals surface area contributed by atoms with Crippen molar-refractivity contribution in [3.8, 4) is 0 Å². The van der Waals surface area contributed by atoms with Gasteiger partial charge in [0.25, 0.3) is 0 Å². The summed E-state index contributed by atoms with van der Waals surface area (Å²) in [5.74, 6) is 0.390. The average molecular weight is 769 g/mol. The molecule has 304 valence electrons. The van der Waals surface area contributed by atoms with Crippen LogP contribution in [-0.2, 0) is 49.7 Å². The van der Waals surface area contributed by atoms with Gasteiger partial charge in [-0.1, -0.05) is 57.5 Å². The second-order valence-corrected chi connectivity index (χ2v) is 17.3. The van der Waals surface area contributed by atoms with Crippen molar-refractivity contribution in [1.29, 1.82) is 0 Å². The lowest BCUT2D eigenvalue weighted by molar-refractivity contribution is -0.159. The molecule has 3 fully saturated rings. The van der Waals surface area contributed by atoms with E-state index >= 15 is 0 Å². The molecule has 8 atom stereocenters. The zero-order valence-corrected chi connectivity index (χ0v) is 33.9. The predicted octanol–water partition coefficient (Wildman–Crippen LogP) is 6.11. The lowest BCUT2D eigenvalue weighted by Gasteiger charge is -2.43. The number of carbonyl (C=O) groups is 1. The minimum absolute atomic E-state index is 0.0171. The van der Waals surface area contributed by atoms with Gasteiger partial charge in [-0.3, -0.25) is 4.84 Å². The summed E-state index contributed by atoms with van der Waals surface area (Å²) in [5.41, 5.74) is 0.993. The second-order valence-electron chi connectivity index (χ2n) is 15.0. The highest BCUT2D eigenvalue weighted by Crippen LogP contribution is 2.43. The van der Waals surface area contributed by atoms with Crippen LogP contribution in [0.25, 0.3) is 0 Å². The van der Waals surface area contributed by atoms with Crippen LogP contribution < -0.4 is 5.32 Å². The summed E-state index contributed by atoms with van der Waals surface area (Å²) in [6.45, 7) is 8.04. The summed E-state index contributed by atoms with van der Waals surface area (Å²) >= 11 is 0. The highest BCUT2D eigenvalue weighted by Gasteiger charge is 2.50. The van der Waals surface area contributed by atoms with Crippen molar-refractivity contribution < 1.29 is 46.5 Å². The molecule has 0 bridgehead atoms. The molecule has 2 saturated carbocycles. The van der Waals surface area contributed by atoms with Crippen LogP contribution in [0.2, 0.25) is 0 Å². The van der Waals surface area contributed by atoms with E-state index in [4.69, 9.17) is 33.3 Å². The number of methoxy groups -OCH3 is 3. The standard InChI is InChI=1S/C40H68N2O10S/c1-7-10-20-42(51-28-29-15-12-11-13-16-29)40(43)41-19-14-22-49-36-26-31(27-37(39(36)50-21-8-2)53(44,45)23-9-3)33-18-17-32(52-33)30-24-34(46-4)38(48-6)35(25-30)47-5/h11-13,15-16,30-39H,7-10,14,17-28H2,1-6H3,(H,41,43)/t30?,31?,32-,33-,34?,35?,36?,37?,38?,39?/m0/s1. The zero-order valence-electron chi connectivity index (χ0n) is 33.1. The molecule has 53 heavy (non-hydrogen) atoms. The van der Waals surface area contributed by atoms with Crippen molar-refractivity contribution >= 4 is 15.9 Å². The summed E-state index contributed by atoms with van der Waals surface area (Å²) < 4.78 is 64.8. The summed E-state index contributed by atoms with van der Waals surface area (Å²) in [4.78, 5) is 19.0. The topological polar surface area (TPSA) is 131 Å². The minimum Gasteiger partial charge on any atom is -0.379 e. The van der Waals surface area contributed by atoms with Crippen molar-refractivity contribution in [1.82, 2.24) is 10.4 Å². The molecule has 2 aliphatic carbocycles. The van der Waals surface area contributed by atoms with Gasteiger partial charge in [0.05, 0.1) is 48.1 Å². The van der Waals surface area contributed by atoms with Gasteiger partial charge in [0, 0.05) is 41.1 Å². The largest absolute Gasteiger partial charge is 0.379 e. The van der Waals surface area contributed by atoms with Gasteiger partial charge in [-0.2, -0.15) is 0 Å². The Kier molecular flexibility index (Phi) is 18.8. The molecule has 0 aromatic heterocycles. The van der Waals surface area contributed by atoms with Crippen LogP contribution in [0.15, 0.2) is 30.3 Å². The first-order valence-corrected chi connectivity index (χ1v) is 21.8. The Morgan fingerprint density at radius 2 is 1.45 bits per heavy atom. The number of benzene rings is 1. The molecule has 6 unspecified atom stereocenters. The van der Waals surface area contributed by atoms with Crippen LogP contribution in [-0.4, -0.2) is 121 Å². The number of rotatable bonds is 22. The first kappa shape index (κ1) is 43.9. The van der Waals surface area contributed by atoms with E-state index in [-0.39, 0.29) is 54.1 Å². The molecule has 1 aromatic carbocycles. The second kappa shape index (κ2) is 22.6. The third-order valence-electron chi connectivity index (χ3n) is 11.2. The normalized spacial score (nSPS) is 30.7. The number of hydroxylamine groups is 2. The third-order valence-corrected chi connectivity index (χ3v) is 13.5. The van der Waals surface area contributed by atoms with Crippen molar-refractivity contribution in [2.45, 2.75) is 146 Å². The zero-order chi connectivity index (χ0) is 38.2. The Morgan fingerprint density at radius 1 is 0.792 bits per heavy atom. The summed E-state index contributed by atoms with van der Waals surface area (Å²) in [6.07, 6.45) is 7.00. The first-order valence-electron chi connectivity index (χ1n) is 20.1. The fourth-order valence-electron chi connectivity index (χ4n) is 8.42. The van der Waals surface area contributed by atoms with E-state index in [1.165, 1.54) is 5.06 Å². The van der Waals surface area contributed by atoms with Gasteiger partial charge in [0.1, 0.15) is 18.8 Å². The molecular weight excluding hydrogens is 701 g/mol. The average Bonchev–Trinajstić information content (AvgIpc) is 3.67. The summed E-state index contributed by atoms with van der Waals surface area (Å²) in [5, 5.41) is 3.72. The Labute approximate surface area is 319 Å². The Hall–Kier alpha value is -1.84. The van der Waals surface area contributed by atoms with Gasteiger partial charge in [-0.05, 0) is 81.6 Å². The quantitative estimate of drug-likeness (QED) is 0.109. The molecule has 3 aliphatic rings.